The van der Waals surface area contributed by atoms with Gasteiger partial charge in [0.25, 0.3) is 0 Å². The standard InChI is InChI=1S/C25H30FN3O3S2/c1-32-18-4-6-23-20(15-18)19(7-9-27-23)22(26)5-3-17-8-12-29(16-21(17)24(30)31)11-2-13-33-25-28-10-14-34-25/h4,6-7,9-10,14-15,17,21-22H,2-3,5,8,11-13,16H2,1H3,(H,30,31)/t17-,21+,22?/m1/s1. The molecule has 4 rings (SSSR count). The number of fused-ring (bicyclic) bond motifs is 1. The molecule has 34 heavy (non-hydrogen) atoms. The van der Waals surface area contributed by atoms with E-state index in [1.807, 2.05) is 29.8 Å². The van der Waals surface area contributed by atoms with Gasteiger partial charge in [-0.15, -0.1) is 11.3 Å². The van der Waals surface area contributed by atoms with Gasteiger partial charge in [0, 0.05) is 35.5 Å². The van der Waals surface area contributed by atoms with E-state index in [1.165, 1.54) is 0 Å². The predicted octanol–water partition coefficient (Wildman–Crippen LogP) is 5.70. The van der Waals surface area contributed by atoms with Crippen molar-refractivity contribution >= 4 is 40.0 Å². The molecule has 9 heteroatoms. The second-order valence-corrected chi connectivity index (χ2v) is 10.9. The number of nitrogens with zero attached hydrogens (tertiary/aromatic N) is 3. The smallest absolute Gasteiger partial charge is 0.308 e. The maximum atomic E-state index is 15.3. The highest BCUT2D eigenvalue weighted by molar-refractivity contribution is 8.00. The second kappa shape index (κ2) is 12.0. The molecule has 182 valence electrons. The number of thiazole rings is 1. The van der Waals surface area contributed by atoms with Crippen molar-refractivity contribution < 1.29 is 19.0 Å². The third-order valence-corrected chi connectivity index (χ3v) is 8.57. The first-order valence-corrected chi connectivity index (χ1v) is 13.5. The van der Waals surface area contributed by atoms with Crippen LogP contribution in [0.1, 0.15) is 37.4 Å². The van der Waals surface area contributed by atoms with Crippen LogP contribution in [0.4, 0.5) is 4.39 Å². The van der Waals surface area contributed by atoms with E-state index >= 15 is 4.39 Å². The number of likely N-dealkylation sites (tertiary alicyclic amines) is 1. The van der Waals surface area contributed by atoms with E-state index < -0.39 is 18.1 Å². The highest BCUT2D eigenvalue weighted by Gasteiger charge is 2.34. The van der Waals surface area contributed by atoms with Crippen molar-refractivity contribution in [2.24, 2.45) is 11.8 Å². The van der Waals surface area contributed by atoms with Gasteiger partial charge in [0.1, 0.15) is 16.3 Å². The van der Waals surface area contributed by atoms with Crippen molar-refractivity contribution in [3.05, 3.63) is 47.6 Å². The highest BCUT2D eigenvalue weighted by Crippen LogP contribution is 2.35. The van der Waals surface area contributed by atoms with Gasteiger partial charge >= 0.3 is 5.97 Å². The molecule has 2 aromatic heterocycles. The molecule has 6 nitrogen and oxygen atoms in total. The fourth-order valence-corrected chi connectivity index (χ4v) is 6.32. The molecule has 1 unspecified atom stereocenters. The number of hydrogen-bond donors (Lipinski definition) is 1. The molecule has 3 heterocycles. The van der Waals surface area contributed by atoms with Crippen molar-refractivity contribution in [3.63, 3.8) is 0 Å². The van der Waals surface area contributed by atoms with E-state index in [0.29, 0.717) is 30.7 Å². The molecule has 0 bridgehead atoms. The minimum Gasteiger partial charge on any atom is -0.497 e. The Morgan fingerprint density at radius 1 is 1.35 bits per heavy atom. The molecular weight excluding hydrogens is 473 g/mol. The van der Waals surface area contributed by atoms with Gasteiger partial charge < -0.3 is 14.7 Å². The SMILES string of the molecule is COc1ccc2nccc(C(F)CC[C@@H]3CCN(CCCSc4nccs4)C[C@@H]3C(=O)O)c2c1. The molecule has 3 atom stereocenters. The fourth-order valence-electron chi connectivity index (χ4n) is 4.69. The number of thioether (sulfide) groups is 1. The van der Waals surface area contributed by atoms with Crippen molar-refractivity contribution in [2.45, 2.75) is 36.2 Å². The monoisotopic (exact) mass is 503 g/mol. The lowest BCUT2D eigenvalue weighted by Crippen LogP contribution is -2.44. The number of carboxylic acid groups (broad SMARTS) is 1. The molecular formula is C25H30FN3O3S2. The molecule has 1 aliphatic heterocycles. The van der Waals surface area contributed by atoms with E-state index in [0.717, 1.165) is 46.9 Å². The summed E-state index contributed by atoms with van der Waals surface area (Å²) in [5.74, 6) is 0.388. The summed E-state index contributed by atoms with van der Waals surface area (Å²) >= 11 is 3.39. The molecule has 0 saturated carbocycles. The van der Waals surface area contributed by atoms with E-state index in [9.17, 15) is 9.90 Å². The molecule has 0 aliphatic carbocycles. The second-order valence-electron chi connectivity index (χ2n) is 8.62. The first kappa shape index (κ1) is 24.9. The zero-order valence-electron chi connectivity index (χ0n) is 19.2. The lowest BCUT2D eigenvalue weighted by atomic mass is 9.81. The molecule has 0 spiro atoms. The Morgan fingerprint density at radius 3 is 3.00 bits per heavy atom. The third-order valence-electron chi connectivity index (χ3n) is 6.52. The number of carboxylic acids is 1. The van der Waals surface area contributed by atoms with Gasteiger partial charge in [-0.1, -0.05) is 11.8 Å². The Balaban J connectivity index is 1.31. The summed E-state index contributed by atoms with van der Waals surface area (Å²) in [5, 5.41) is 12.6. The average Bonchev–Trinajstić information content (AvgIpc) is 3.38. The van der Waals surface area contributed by atoms with Crippen molar-refractivity contribution in [1.82, 2.24) is 14.9 Å². The van der Waals surface area contributed by atoms with E-state index in [-0.39, 0.29) is 5.92 Å². The molecule has 1 fully saturated rings. The number of carbonyl (C=O) groups is 1. The first-order chi connectivity index (χ1) is 16.5. The quantitative estimate of drug-likeness (QED) is 0.266. The number of rotatable bonds is 11. The highest BCUT2D eigenvalue weighted by atomic mass is 32.2. The molecule has 1 aliphatic rings. The zero-order chi connectivity index (χ0) is 23.9. The molecule has 3 aromatic rings. The first-order valence-electron chi connectivity index (χ1n) is 11.6. The van der Waals surface area contributed by atoms with Crippen LogP contribution < -0.4 is 4.74 Å². The number of aromatic nitrogens is 2. The maximum absolute atomic E-state index is 15.3. The van der Waals surface area contributed by atoms with Crippen molar-refractivity contribution in [1.29, 1.82) is 0 Å². The summed E-state index contributed by atoms with van der Waals surface area (Å²) in [5.41, 5.74) is 1.32. The van der Waals surface area contributed by atoms with Crippen LogP contribution in [0.2, 0.25) is 0 Å². The van der Waals surface area contributed by atoms with Crippen LogP contribution in [0.25, 0.3) is 10.9 Å². The third kappa shape index (κ3) is 6.25. The molecule has 0 amide bonds. The Morgan fingerprint density at radius 2 is 2.24 bits per heavy atom. The summed E-state index contributed by atoms with van der Waals surface area (Å²) in [6.07, 6.45) is 4.90. The Bertz CT molecular complexity index is 1080. The number of methoxy groups -OCH3 is 1. The minimum absolute atomic E-state index is 0.0145. The number of benzene rings is 1. The van der Waals surface area contributed by atoms with Crippen molar-refractivity contribution in [3.8, 4) is 5.75 Å². The Labute approximate surface area is 207 Å². The number of pyridine rings is 1. The van der Waals surface area contributed by atoms with Crippen LogP contribution in [-0.2, 0) is 4.79 Å². The van der Waals surface area contributed by atoms with Crippen LogP contribution in [0.15, 0.2) is 46.4 Å². The minimum atomic E-state index is -1.17. The fraction of sp³-hybridized carbons (Fsp3) is 0.480. The number of aliphatic carboxylic acids is 1. The van der Waals surface area contributed by atoms with Gasteiger partial charge in [-0.05, 0) is 74.5 Å². The van der Waals surface area contributed by atoms with E-state index in [1.54, 1.807) is 42.5 Å². The lowest BCUT2D eigenvalue weighted by Gasteiger charge is -2.36. The van der Waals surface area contributed by atoms with E-state index in [2.05, 4.69) is 14.9 Å². The topological polar surface area (TPSA) is 75.5 Å². The maximum Gasteiger partial charge on any atom is 0.308 e. The number of alkyl halides is 1. The number of ether oxygens (including phenoxy) is 1. The number of piperidine rings is 1. The van der Waals surface area contributed by atoms with Gasteiger partial charge in [-0.25, -0.2) is 9.37 Å². The summed E-state index contributed by atoms with van der Waals surface area (Å²) in [6.45, 7) is 2.28. The largest absolute Gasteiger partial charge is 0.497 e. The molecule has 1 N–H and O–H groups in total. The summed E-state index contributed by atoms with van der Waals surface area (Å²) in [6, 6.07) is 7.18. The van der Waals surface area contributed by atoms with Crippen LogP contribution in [-0.4, -0.2) is 58.4 Å². The summed E-state index contributed by atoms with van der Waals surface area (Å²) in [4.78, 5) is 22.9. The Hall–Kier alpha value is -2.23. The van der Waals surface area contributed by atoms with Gasteiger partial charge in [0.2, 0.25) is 0 Å². The van der Waals surface area contributed by atoms with E-state index in [4.69, 9.17) is 4.74 Å². The average molecular weight is 504 g/mol. The lowest BCUT2D eigenvalue weighted by molar-refractivity contribution is -0.146. The van der Waals surface area contributed by atoms with Gasteiger partial charge in [0.15, 0.2) is 0 Å². The number of halogens is 1. The Kier molecular flexibility index (Phi) is 8.74. The molecule has 1 saturated heterocycles. The van der Waals surface area contributed by atoms with Crippen molar-refractivity contribution in [2.75, 3.05) is 32.5 Å². The van der Waals surface area contributed by atoms with Crippen LogP contribution in [0.3, 0.4) is 0 Å². The van der Waals surface area contributed by atoms with Gasteiger partial charge in [0.05, 0.1) is 18.5 Å². The molecule has 1 aromatic carbocycles. The van der Waals surface area contributed by atoms with Crippen LogP contribution in [0.5, 0.6) is 5.75 Å². The van der Waals surface area contributed by atoms with Crippen LogP contribution in [0, 0.1) is 11.8 Å². The zero-order valence-corrected chi connectivity index (χ0v) is 20.9. The summed E-state index contributed by atoms with van der Waals surface area (Å²) in [7, 11) is 1.59. The van der Waals surface area contributed by atoms with Gasteiger partial charge in [-0.2, -0.15) is 0 Å². The normalized spacial score (nSPS) is 19.8. The van der Waals surface area contributed by atoms with Crippen LogP contribution >= 0.6 is 23.1 Å². The summed E-state index contributed by atoms with van der Waals surface area (Å²) < 4.78 is 21.7. The predicted molar refractivity (Wildman–Crippen MR) is 135 cm³/mol. The number of hydrogen-bond acceptors (Lipinski definition) is 7. The molecule has 0 radical (unpaired) electrons. The van der Waals surface area contributed by atoms with Gasteiger partial charge in [-0.3, -0.25) is 9.78 Å².